The van der Waals surface area contributed by atoms with Crippen molar-refractivity contribution in [3.05, 3.63) is 35.1 Å². The van der Waals surface area contributed by atoms with Gasteiger partial charge in [-0.05, 0) is 0 Å². The Bertz CT molecular complexity index is 634. The van der Waals surface area contributed by atoms with Gasteiger partial charge in [0.25, 0.3) is 0 Å². The molecule has 7 heteroatoms. The molecule has 0 saturated carbocycles. The van der Waals surface area contributed by atoms with Crippen molar-refractivity contribution in [2.75, 3.05) is 0 Å². The van der Waals surface area contributed by atoms with E-state index in [0.29, 0.717) is 5.82 Å². The third-order valence-electron chi connectivity index (χ3n) is 2.66. The predicted octanol–water partition coefficient (Wildman–Crippen LogP) is 2.16. The zero-order chi connectivity index (χ0) is 14.2. The topological polar surface area (TPSA) is 68.0 Å². The number of carboxylic acids is 1. The Balaban J connectivity index is 2.40. The van der Waals surface area contributed by atoms with Crippen LogP contribution in [0.1, 0.15) is 10.4 Å². The van der Waals surface area contributed by atoms with Crippen molar-refractivity contribution in [2.45, 2.75) is 17.3 Å². The summed E-state index contributed by atoms with van der Waals surface area (Å²) in [5, 5.41) is 13.4. The summed E-state index contributed by atoms with van der Waals surface area (Å²) in [5.41, 5.74) is -0.00808. The van der Waals surface area contributed by atoms with Crippen LogP contribution in [0.4, 0.5) is 0 Å². The molecule has 0 unspecified atom stereocenters. The number of rotatable bonds is 3. The van der Waals surface area contributed by atoms with E-state index in [4.69, 9.17) is 16.7 Å². The SMILES string of the molecule is [CH3][Ge]([CH3])([CH3])[c]1ccn(-c2ccc(C(=O)O)c(Cl)n2)n1. The Kier molecular flexibility index (Phi) is 3.69. The monoisotopic (exact) mass is 341 g/mol. The molecule has 2 heterocycles. The van der Waals surface area contributed by atoms with E-state index in [0.717, 1.165) is 4.53 Å². The van der Waals surface area contributed by atoms with Crippen molar-refractivity contribution in [1.82, 2.24) is 14.8 Å². The number of aromatic nitrogens is 3. The molecular weight excluding hydrogens is 326 g/mol. The second-order valence-corrected chi connectivity index (χ2v) is 16.1. The molecule has 0 bridgehead atoms. The van der Waals surface area contributed by atoms with Crippen LogP contribution in [0.15, 0.2) is 24.4 Å². The average molecular weight is 340 g/mol. The van der Waals surface area contributed by atoms with Gasteiger partial charge >= 0.3 is 118 Å². The zero-order valence-electron chi connectivity index (χ0n) is 10.9. The number of hydrogen-bond donors (Lipinski definition) is 1. The second kappa shape index (κ2) is 4.98. The van der Waals surface area contributed by atoms with E-state index in [1.165, 1.54) is 6.07 Å². The molecule has 19 heavy (non-hydrogen) atoms. The van der Waals surface area contributed by atoms with Gasteiger partial charge in [-0.2, -0.15) is 0 Å². The van der Waals surface area contributed by atoms with E-state index in [-0.39, 0.29) is 10.7 Å². The van der Waals surface area contributed by atoms with Crippen LogP contribution in [0.3, 0.4) is 0 Å². The molecule has 100 valence electrons. The molecule has 2 rings (SSSR count). The minimum atomic E-state index is -1.97. The molecule has 0 fully saturated rings. The van der Waals surface area contributed by atoms with Crippen LogP contribution in [0.25, 0.3) is 5.82 Å². The molecule has 0 atom stereocenters. The molecule has 0 radical (unpaired) electrons. The van der Waals surface area contributed by atoms with Crippen LogP contribution in [-0.2, 0) is 0 Å². The molecule has 0 saturated heterocycles. The summed E-state index contributed by atoms with van der Waals surface area (Å²) in [4.78, 5) is 14.9. The van der Waals surface area contributed by atoms with Gasteiger partial charge in [-0.3, -0.25) is 0 Å². The van der Waals surface area contributed by atoms with Crippen LogP contribution in [-0.4, -0.2) is 39.1 Å². The fraction of sp³-hybridized carbons (Fsp3) is 0.250. The Morgan fingerprint density at radius 1 is 1.32 bits per heavy atom. The summed E-state index contributed by atoms with van der Waals surface area (Å²) in [6.07, 6.45) is 1.82. The van der Waals surface area contributed by atoms with Crippen LogP contribution < -0.4 is 4.53 Å². The van der Waals surface area contributed by atoms with E-state index in [2.05, 4.69) is 27.4 Å². The number of halogens is 1. The quantitative estimate of drug-likeness (QED) is 0.687. The first-order valence-electron chi connectivity index (χ1n) is 5.75. The van der Waals surface area contributed by atoms with Gasteiger partial charge in [0.2, 0.25) is 0 Å². The number of aromatic carboxylic acids is 1. The fourth-order valence-electron chi connectivity index (χ4n) is 1.56. The summed E-state index contributed by atoms with van der Waals surface area (Å²) in [6.45, 7) is 0. The van der Waals surface area contributed by atoms with Crippen LogP contribution in [0.5, 0.6) is 0 Å². The van der Waals surface area contributed by atoms with Crippen LogP contribution in [0, 0.1) is 0 Å². The van der Waals surface area contributed by atoms with E-state index >= 15 is 0 Å². The van der Waals surface area contributed by atoms with Crippen molar-refractivity contribution < 1.29 is 9.90 Å². The van der Waals surface area contributed by atoms with E-state index in [1.54, 1.807) is 10.7 Å². The van der Waals surface area contributed by atoms with Gasteiger partial charge in [0.1, 0.15) is 0 Å². The number of carbonyl (C=O) groups is 1. The number of pyridine rings is 1. The van der Waals surface area contributed by atoms with Crippen molar-refractivity contribution in [2.24, 2.45) is 0 Å². The molecule has 0 amide bonds. The molecule has 0 spiro atoms. The summed E-state index contributed by atoms with van der Waals surface area (Å²) >= 11 is 3.88. The van der Waals surface area contributed by atoms with Gasteiger partial charge in [-0.15, -0.1) is 0 Å². The zero-order valence-corrected chi connectivity index (χ0v) is 13.7. The minimum absolute atomic E-state index is 0.00808. The fourth-order valence-corrected chi connectivity index (χ4v) is 3.85. The molecule has 2 aromatic rings. The van der Waals surface area contributed by atoms with Crippen molar-refractivity contribution in [3.8, 4) is 5.82 Å². The molecule has 0 aliphatic heterocycles. The van der Waals surface area contributed by atoms with Crippen LogP contribution in [0.2, 0.25) is 22.4 Å². The summed E-state index contributed by atoms with van der Waals surface area (Å²) in [5.74, 6) is 6.18. The van der Waals surface area contributed by atoms with Crippen molar-refractivity contribution >= 4 is 35.4 Å². The molecule has 0 aliphatic rings. The van der Waals surface area contributed by atoms with E-state index < -0.39 is 19.2 Å². The predicted molar refractivity (Wildman–Crippen MR) is 76.3 cm³/mol. The van der Waals surface area contributed by atoms with E-state index in [9.17, 15) is 4.79 Å². The maximum atomic E-state index is 10.9. The molecule has 1 N–H and O–H groups in total. The molecule has 5 nitrogen and oxygen atoms in total. The van der Waals surface area contributed by atoms with Gasteiger partial charge in [0.15, 0.2) is 0 Å². The van der Waals surface area contributed by atoms with Crippen molar-refractivity contribution in [3.63, 3.8) is 0 Å². The van der Waals surface area contributed by atoms with Crippen LogP contribution >= 0.6 is 11.6 Å². The Hall–Kier alpha value is -1.34. The summed E-state index contributed by atoms with van der Waals surface area (Å²) in [7, 11) is 0. The number of hydrogen-bond acceptors (Lipinski definition) is 3. The number of nitrogens with zero attached hydrogens (tertiary/aromatic N) is 3. The summed E-state index contributed by atoms with van der Waals surface area (Å²) in [6, 6.07) is 5.02. The maximum absolute atomic E-state index is 10.9. The first-order valence-corrected chi connectivity index (χ1v) is 13.5. The molecule has 0 aromatic carbocycles. The average Bonchev–Trinajstić information content (AvgIpc) is 2.76. The first-order chi connectivity index (χ1) is 8.79. The van der Waals surface area contributed by atoms with Gasteiger partial charge in [-0.1, -0.05) is 0 Å². The van der Waals surface area contributed by atoms with Gasteiger partial charge < -0.3 is 0 Å². The third kappa shape index (κ3) is 2.98. The molecule has 0 aliphatic carbocycles. The number of carboxylic acid groups (broad SMARTS) is 1. The van der Waals surface area contributed by atoms with Gasteiger partial charge in [0.05, 0.1) is 0 Å². The third-order valence-corrected chi connectivity index (χ3v) is 6.73. The normalized spacial score (nSPS) is 11.6. The Labute approximate surface area is 118 Å². The van der Waals surface area contributed by atoms with E-state index in [1.807, 2.05) is 12.3 Å². The Morgan fingerprint density at radius 3 is 2.47 bits per heavy atom. The molecular formula is C12H14ClGeN3O2. The van der Waals surface area contributed by atoms with Gasteiger partial charge in [-0.25, -0.2) is 0 Å². The second-order valence-electron chi connectivity index (χ2n) is 5.21. The van der Waals surface area contributed by atoms with Crippen molar-refractivity contribution in [1.29, 1.82) is 0 Å². The summed E-state index contributed by atoms with van der Waals surface area (Å²) < 4.78 is 2.74. The molecule has 2 aromatic heterocycles. The standard InChI is InChI=1S/C12H14ClGeN3O2/c1-14(2,3)9-6-7-17(16-9)10-5-4-8(12(18)19)11(13)15-10/h4-7H,1-3H3,(H,18,19). The van der Waals surface area contributed by atoms with Gasteiger partial charge in [0, 0.05) is 0 Å². The first kappa shape index (κ1) is 14.1. The Morgan fingerprint density at radius 2 is 2.00 bits per heavy atom.